The number of hydrogen-bond donors (Lipinski definition) is 2. The van der Waals surface area contributed by atoms with Gasteiger partial charge in [-0.3, -0.25) is 15.0 Å². The van der Waals surface area contributed by atoms with Crippen molar-refractivity contribution in [2.24, 2.45) is 5.84 Å². The van der Waals surface area contributed by atoms with Gasteiger partial charge in [0, 0.05) is 13.1 Å². The second kappa shape index (κ2) is 6.49. The molecular weight excluding hydrogens is 258 g/mol. The van der Waals surface area contributed by atoms with Crippen LogP contribution >= 0.6 is 0 Å². The van der Waals surface area contributed by atoms with E-state index in [0.29, 0.717) is 19.7 Å². The van der Waals surface area contributed by atoms with E-state index in [0.717, 1.165) is 11.1 Å². The van der Waals surface area contributed by atoms with Gasteiger partial charge >= 0.3 is 0 Å². The lowest BCUT2D eigenvalue weighted by molar-refractivity contribution is -0.143. The summed E-state index contributed by atoms with van der Waals surface area (Å²) >= 11 is 0. The van der Waals surface area contributed by atoms with Crippen LogP contribution in [0.4, 0.5) is 0 Å². The van der Waals surface area contributed by atoms with Crippen LogP contribution in [0.5, 0.6) is 0 Å². The van der Waals surface area contributed by atoms with Crippen LogP contribution in [0.25, 0.3) is 0 Å². The molecule has 1 fully saturated rings. The Bertz CT molecular complexity index is 487. The summed E-state index contributed by atoms with van der Waals surface area (Å²) in [6, 6.07) is 7.64. The van der Waals surface area contributed by atoms with Crippen molar-refractivity contribution in [1.82, 2.24) is 10.3 Å². The second-order valence-corrected chi connectivity index (χ2v) is 4.84. The summed E-state index contributed by atoms with van der Waals surface area (Å²) < 4.78 is 5.09. The standard InChI is InChI=1S/C14H19N3O3/c1-10(14(19)16-15)12-4-2-11(3-5-12)8-17-6-7-20-9-13(17)18/h2-5,10H,6-9,15H2,1H3,(H,16,19). The number of amides is 2. The number of nitrogens with one attached hydrogen (secondary N) is 1. The smallest absolute Gasteiger partial charge is 0.248 e. The fourth-order valence-corrected chi connectivity index (χ4v) is 2.13. The molecule has 1 aromatic rings. The fourth-order valence-electron chi connectivity index (χ4n) is 2.13. The average molecular weight is 277 g/mol. The summed E-state index contributed by atoms with van der Waals surface area (Å²) in [5.74, 6) is 4.62. The van der Waals surface area contributed by atoms with E-state index in [-0.39, 0.29) is 24.3 Å². The minimum absolute atomic E-state index is 0.0104. The van der Waals surface area contributed by atoms with E-state index in [2.05, 4.69) is 5.43 Å². The largest absolute Gasteiger partial charge is 0.370 e. The Balaban J connectivity index is 2.01. The van der Waals surface area contributed by atoms with Crippen molar-refractivity contribution in [1.29, 1.82) is 0 Å². The molecule has 0 bridgehead atoms. The molecule has 1 atom stereocenters. The van der Waals surface area contributed by atoms with E-state index in [9.17, 15) is 9.59 Å². The van der Waals surface area contributed by atoms with Crippen molar-refractivity contribution in [3.8, 4) is 0 Å². The number of ether oxygens (including phenoxy) is 1. The highest BCUT2D eigenvalue weighted by Gasteiger charge is 2.19. The Labute approximate surface area is 117 Å². The van der Waals surface area contributed by atoms with Crippen molar-refractivity contribution in [3.05, 3.63) is 35.4 Å². The lowest BCUT2D eigenvalue weighted by Gasteiger charge is -2.26. The van der Waals surface area contributed by atoms with E-state index in [4.69, 9.17) is 10.6 Å². The van der Waals surface area contributed by atoms with Gasteiger partial charge in [-0.15, -0.1) is 0 Å². The molecule has 1 aliphatic heterocycles. The Morgan fingerprint density at radius 3 is 2.75 bits per heavy atom. The van der Waals surface area contributed by atoms with Gasteiger partial charge in [-0.05, 0) is 18.1 Å². The molecule has 2 amide bonds. The molecule has 1 unspecified atom stereocenters. The SMILES string of the molecule is CC(C(=O)NN)c1ccc(CN2CCOCC2=O)cc1. The van der Waals surface area contributed by atoms with E-state index < -0.39 is 0 Å². The summed E-state index contributed by atoms with van der Waals surface area (Å²) in [7, 11) is 0. The number of nitrogens with zero attached hydrogens (tertiary/aromatic N) is 1. The van der Waals surface area contributed by atoms with Gasteiger partial charge in [0.2, 0.25) is 11.8 Å². The molecule has 20 heavy (non-hydrogen) atoms. The van der Waals surface area contributed by atoms with E-state index in [1.54, 1.807) is 11.8 Å². The van der Waals surface area contributed by atoms with Crippen molar-refractivity contribution < 1.29 is 14.3 Å². The van der Waals surface area contributed by atoms with Crippen molar-refractivity contribution in [2.45, 2.75) is 19.4 Å². The summed E-state index contributed by atoms with van der Waals surface area (Å²) in [6.07, 6.45) is 0. The third-order valence-electron chi connectivity index (χ3n) is 3.47. The van der Waals surface area contributed by atoms with Gasteiger partial charge in [-0.2, -0.15) is 0 Å². The minimum atomic E-state index is -0.293. The highest BCUT2D eigenvalue weighted by atomic mass is 16.5. The highest BCUT2D eigenvalue weighted by molar-refractivity contribution is 5.82. The van der Waals surface area contributed by atoms with Gasteiger partial charge in [0.1, 0.15) is 6.61 Å². The molecule has 0 aliphatic carbocycles. The molecule has 3 N–H and O–H groups in total. The molecule has 1 aromatic carbocycles. The lowest BCUT2D eigenvalue weighted by Crippen LogP contribution is -2.40. The minimum Gasteiger partial charge on any atom is -0.370 e. The first kappa shape index (κ1) is 14.5. The molecular formula is C14H19N3O3. The van der Waals surface area contributed by atoms with Gasteiger partial charge in [0.05, 0.1) is 12.5 Å². The first-order valence-electron chi connectivity index (χ1n) is 6.56. The maximum Gasteiger partial charge on any atom is 0.248 e. The van der Waals surface area contributed by atoms with Gasteiger partial charge in [0.15, 0.2) is 0 Å². The molecule has 1 saturated heterocycles. The topological polar surface area (TPSA) is 84.7 Å². The molecule has 2 rings (SSSR count). The maximum atomic E-state index is 11.6. The molecule has 0 spiro atoms. The van der Waals surface area contributed by atoms with Gasteiger partial charge < -0.3 is 9.64 Å². The van der Waals surface area contributed by atoms with Gasteiger partial charge in [0.25, 0.3) is 0 Å². The zero-order chi connectivity index (χ0) is 14.5. The van der Waals surface area contributed by atoms with E-state index >= 15 is 0 Å². The Morgan fingerprint density at radius 2 is 2.15 bits per heavy atom. The number of rotatable bonds is 4. The fraction of sp³-hybridized carbons (Fsp3) is 0.429. The Morgan fingerprint density at radius 1 is 1.45 bits per heavy atom. The first-order valence-corrected chi connectivity index (χ1v) is 6.56. The third-order valence-corrected chi connectivity index (χ3v) is 3.47. The predicted octanol–water partition coefficient (Wildman–Crippen LogP) is 0.139. The molecule has 0 radical (unpaired) electrons. The number of morpholine rings is 1. The number of hydrogen-bond acceptors (Lipinski definition) is 4. The zero-order valence-electron chi connectivity index (χ0n) is 11.5. The summed E-state index contributed by atoms with van der Waals surface area (Å²) in [4.78, 5) is 24.9. The van der Waals surface area contributed by atoms with Crippen molar-refractivity contribution >= 4 is 11.8 Å². The van der Waals surface area contributed by atoms with E-state index in [1.165, 1.54) is 0 Å². The van der Waals surface area contributed by atoms with Crippen molar-refractivity contribution in [2.75, 3.05) is 19.8 Å². The summed E-state index contributed by atoms with van der Waals surface area (Å²) in [5, 5.41) is 0. The number of benzene rings is 1. The van der Waals surface area contributed by atoms with Crippen LogP contribution in [0.3, 0.4) is 0 Å². The van der Waals surface area contributed by atoms with Crippen LogP contribution in [-0.4, -0.2) is 36.5 Å². The molecule has 6 heteroatoms. The van der Waals surface area contributed by atoms with Crippen LogP contribution in [0.1, 0.15) is 24.0 Å². The molecule has 108 valence electrons. The second-order valence-electron chi connectivity index (χ2n) is 4.84. The Kier molecular flexibility index (Phi) is 4.70. The summed E-state index contributed by atoms with van der Waals surface area (Å²) in [6.45, 7) is 3.72. The predicted molar refractivity (Wildman–Crippen MR) is 73.4 cm³/mol. The first-order chi connectivity index (χ1) is 9.61. The quantitative estimate of drug-likeness (QED) is 0.466. The average Bonchev–Trinajstić information content (AvgIpc) is 2.49. The number of hydrazine groups is 1. The van der Waals surface area contributed by atoms with Gasteiger partial charge in [-0.1, -0.05) is 24.3 Å². The van der Waals surface area contributed by atoms with Crippen LogP contribution in [0, 0.1) is 0 Å². The van der Waals surface area contributed by atoms with Crippen LogP contribution in [-0.2, 0) is 20.9 Å². The Hall–Kier alpha value is -1.92. The lowest BCUT2D eigenvalue weighted by atomic mass is 9.99. The molecule has 6 nitrogen and oxygen atoms in total. The number of nitrogens with two attached hydrogens (primary N) is 1. The zero-order valence-corrected chi connectivity index (χ0v) is 11.5. The van der Waals surface area contributed by atoms with Crippen LogP contribution in [0.2, 0.25) is 0 Å². The van der Waals surface area contributed by atoms with Crippen LogP contribution < -0.4 is 11.3 Å². The molecule has 0 aromatic heterocycles. The normalized spacial score (nSPS) is 16.9. The third kappa shape index (κ3) is 3.34. The monoisotopic (exact) mass is 277 g/mol. The van der Waals surface area contributed by atoms with Crippen LogP contribution in [0.15, 0.2) is 24.3 Å². The summed E-state index contributed by atoms with van der Waals surface area (Å²) in [5.41, 5.74) is 4.07. The highest BCUT2D eigenvalue weighted by Crippen LogP contribution is 2.17. The molecule has 1 heterocycles. The molecule has 1 aliphatic rings. The molecule has 0 saturated carbocycles. The maximum absolute atomic E-state index is 11.6. The van der Waals surface area contributed by atoms with Crippen molar-refractivity contribution in [3.63, 3.8) is 0 Å². The number of carbonyl (C=O) groups excluding carboxylic acids is 2. The number of carbonyl (C=O) groups is 2. The van der Waals surface area contributed by atoms with Gasteiger partial charge in [-0.25, -0.2) is 5.84 Å². The van der Waals surface area contributed by atoms with E-state index in [1.807, 2.05) is 24.3 Å².